The van der Waals surface area contributed by atoms with Crippen LogP contribution in [0.1, 0.15) is 16.0 Å². The lowest BCUT2D eigenvalue weighted by atomic mass is 10.1. The lowest BCUT2D eigenvalue weighted by molar-refractivity contribution is -0.137. The van der Waals surface area contributed by atoms with Gasteiger partial charge in [0.05, 0.1) is 5.56 Å². The Kier molecular flexibility index (Phi) is 6.04. The SMILES string of the molecule is CN=C(NCCc1cccs1)NCc1cccc(C(F)(F)F)c1. The van der Waals surface area contributed by atoms with Crippen molar-refractivity contribution in [2.24, 2.45) is 4.99 Å². The fraction of sp³-hybridized carbons (Fsp3) is 0.312. The number of aliphatic imine (C=N–C) groups is 1. The van der Waals surface area contributed by atoms with E-state index in [9.17, 15) is 13.2 Å². The molecular formula is C16H18F3N3S. The third kappa shape index (κ3) is 5.59. The summed E-state index contributed by atoms with van der Waals surface area (Å²) in [6.07, 6.45) is -3.45. The minimum Gasteiger partial charge on any atom is -0.356 e. The number of hydrogen-bond donors (Lipinski definition) is 2. The summed E-state index contributed by atoms with van der Waals surface area (Å²) in [5.74, 6) is 0.568. The molecule has 3 nitrogen and oxygen atoms in total. The molecule has 0 fully saturated rings. The normalized spacial score (nSPS) is 12.3. The Morgan fingerprint density at radius 1 is 1.17 bits per heavy atom. The molecule has 0 spiro atoms. The van der Waals surface area contributed by atoms with Crippen molar-refractivity contribution in [1.82, 2.24) is 10.6 Å². The summed E-state index contributed by atoms with van der Waals surface area (Å²) in [6, 6.07) is 9.34. The third-order valence-electron chi connectivity index (χ3n) is 3.18. The smallest absolute Gasteiger partial charge is 0.356 e. The fourth-order valence-electron chi connectivity index (χ4n) is 2.02. The Hall–Kier alpha value is -2.02. The molecule has 1 aromatic heterocycles. The summed E-state index contributed by atoms with van der Waals surface area (Å²) in [6.45, 7) is 0.991. The van der Waals surface area contributed by atoms with E-state index >= 15 is 0 Å². The first-order chi connectivity index (χ1) is 11.0. The molecule has 0 atom stereocenters. The van der Waals surface area contributed by atoms with Crippen LogP contribution in [0, 0.1) is 0 Å². The molecule has 0 radical (unpaired) electrons. The Labute approximate surface area is 137 Å². The number of alkyl halides is 3. The molecule has 1 heterocycles. The van der Waals surface area contributed by atoms with Gasteiger partial charge in [-0.15, -0.1) is 11.3 Å². The van der Waals surface area contributed by atoms with Gasteiger partial charge in [0, 0.05) is 25.0 Å². The molecule has 2 rings (SSSR count). The minimum absolute atomic E-state index is 0.280. The summed E-state index contributed by atoms with van der Waals surface area (Å²) < 4.78 is 38.0. The van der Waals surface area contributed by atoms with E-state index in [1.54, 1.807) is 24.5 Å². The van der Waals surface area contributed by atoms with Crippen LogP contribution >= 0.6 is 11.3 Å². The summed E-state index contributed by atoms with van der Waals surface area (Å²) >= 11 is 1.69. The predicted octanol–water partition coefficient (Wildman–Crippen LogP) is 3.67. The maximum Gasteiger partial charge on any atom is 0.416 e. The van der Waals surface area contributed by atoms with Gasteiger partial charge in [-0.2, -0.15) is 13.2 Å². The number of thiophene rings is 1. The third-order valence-corrected chi connectivity index (χ3v) is 4.12. The van der Waals surface area contributed by atoms with Crippen molar-refractivity contribution in [3.05, 3.63) is 57.8 Å². The second kappa shape index (κ2) is 8.01. The number of nitrogens with one attached hydrogen (secondary N) is 2. The lowest BCUT2D eigenvalue weighted by Crippen LogP contribution is -2.37. The molecular weight excluding hydrogens is 323 g/mol. The fourth-order valence-corrected chi connectivity index (χ4v) is 2.73. The van der Waals surface area contributed by atoms with Gasteiger partial charge in [0.15, 0.2) is 5.96 Å². The van der Waals surface area contributed by atoms with Crippen LogP contribution in [-0.4, -0.2) is 19.6 Å². The quantitative estimate of drug-likeness (QED) is 0.643. The summed E-state index contributed by atoms with van der Waals surface area (Å²) in [5.41, 5.74) is -0.0847. The molecule has 0 saturated heterocycles. The monoisotopic (exact) mass is 341 g/mol. The predicted molar refractivity (Wildman–Crippen MR) is 87.7 cm³/mol. The van der Waals surface area contributed by atoms with Crippen molar-refractivity contribution in [3.8, 4) is 0 Å². The molecule has 7 heteroatoms. The van der Waals surface area contributed by atoms with Gasteiger partial charge in [0.25, 0.3) is 0 Å². The van der Waals surface area contributed by atoms with Crippen molar-refractivity contribution in [2.45, 2.75) is 19.1 Å². The van der Waals surface area contributed by atoms with E-state index in [0.29, 0.717) is 18.1 Å². The molecule has 0 unspecified atom stereocenters. The van der Waals surface area contributed by atoms with Gasteiger partial charge < -0.3 is 10.6 Å². The zero-order valence-corrected chi connectivity index (χ0v) is 13.5. The molecule has 23 heavy (non-hydrogen) atoms. The van der Waals surface area contributed by atoms with Crippen LogP contribution in [0.5, 0.6) is 0 Å². The molecule has 0 bridgehead atoms. The Morgan fingerprint density at radius 2 is 2.00 bits per heavy atom. The largest absolute Gasteiger partial charge is 0.416 e. The topological polar surface area (TPSA) is 36.4 Å². The highest BCUT2D eigenvalue weighted by molar-refractivity contribution is 7.09. The highest BCUT2D eigenvalue weighted by Crippen LogP contribution is 2.29. The van der Waals surface area contributed by atoms with Gasteiger partial charge in [-0.1, -0.05) is 18.2 Å². The zero-order chi connectivity index (χ0) is 16.7. The average molecular weight is 341 g/mol. The molecule has 124 valence electrons. The van der Waals surface area contributed by atoms with Gasteiger partial charge in [-0.25, -0.2) is 0 Å². The number of hydrogen-bond acceptors (Lipinski definition) is 2. The molecule has 2 N–H and O–H groups in total. The molecule has 0 saturated carbocycles. The van der Waals surface area contributed by atoms with Crippen LogP contribution in [0.4, 0.5) is 13.2 Å². The summed E-state index contributed by atoms with van der Waals surface area (Å²) in [7, 11) is 1.63. The maximum absolute atomic E-state index is 12.7. The average Bonchev–Trinajstić information content (AvgIpc) is 3.03. The second-order valence-electron chi connectivity index (χ2n) is 4.88. The van der Waals surface area contributed by atoms with E-state index in [1.807, 2.05) is 11.4 Å². The number of benzene rings is 1. The van der Waals surface area contributed by atoms with Gasteiger partial charge in [-0.05, 0) is 35.6 Å². The van der Waals surface area contributed by atoms with Crippen LogP contribution in [0.2, 0.25) is 0 Å². The number of rotatable bonds is 5. The van der Waals surface area contributed by atoms with Crippen molar-refractivity contribution < 1.29 is 13.2 Å². The van der Waals surface area contributed by atoms with E-state index in [4.69, 9.17) is 0 Å². The van der Waals surface area contributed by atoms with Gasteiger partial charge >= 0.3 is 6.18 Å². The molecule has 1 aromatic carbocycles. The van der Waals surface area contributed by atoms with Crippen LogP contribution in [-0.2, 0) is 19.1 Å². The van der Waals surface area contributed by atoms with E-state index < -0.39 is 11.7 Å². The first kappa shape index (κ1) is 17.3. The van der Waals surface area contributed by atoms with Crippen LogP contribution in [0.25, 0.3) is 0 Å². The number of guanidine groups is 1. The lowest BCUT2D eigenvalue weighted by Gasteiger charge is -2.13. The highest BCUT2D eigenvalue weighted by atomic mass is 32.1. The van der Waals surface area contributed by atoms with Gasteiger partial charge in [0.2, 0.25) is 0 Å². The minimum atomic E-state index is -4.32. The molecule has 0 aliphatic heterocycles. The van der Waals surface area contributed by atoms with Gasteiger partial charge in [0.1, 0.15) is 0 Å². The van der Waals surface area contributed by atoms with Crippen LogP contribution in [0.3, 0.4) is 0 Å². The highest BCUT2D eigenvalue weighted by Gasteiger charge is 2.30. The van der Waals surface area contributed by atoms with Crippen LogP contribution < -0.4 is 10.6 Å². The Morgan fingerprint density at radius 3 is 2.65 bits per heavy atom. The standard InChI is InChI=1S/C16H18F3N3S/c1-20-15(21-8-7-14-6-3-9-23-14)22-11-12-4-2-5-13(10-12)16(17,18)19/h2-6,9-10H,7-8,11H2,1H3,(H2,20,21,22). The summed E-state index contributed by atoms with van der Waals surface area (Å²) in [5, 5.41) is 8.19. The van der Waals surface area contributed by atoms with Crippen molar-refractivity contribution in [1.29, 1.82) is 0 Å². The van der Waals surface area contributed by atoms with E-state index in [0.717, 1.165) is 18.6 Å². The zero-order valence-electron chi connectivity index (χ0n) is 12.7. The van der Waals surface area contributed by atoms with Crippen molar-refractivity contribution in [2.75, 3.05) is 13.6 Å². The Bertz CT molecular complexity index is 636. The second-order valence-corrected chi connectivity index (χ2v) is 5.91. The van der Waals surface area contributed by atoms with Crippen LogP contribution in [0.15, 0.2) is 46.8 Å². The molecule has 0 aliphatic carbocycles. The van der Waals surface area contributed by atoms with E-state index in [1.165, 1.54) is 10.9 Å². The van der Waals surface area contributed by atoms with E-state index in [-0.39, 0.29) is 6.54 Å². The molecule has 0 aliphatic rings. The van der Waals surface area contributed by atoms with E-state index in [2.05, 4.69) is 21.7 Å². The first-order valence-electron chi connectivity index (χ1n) is 7.12. The number of halogens is 3. The molecule has 2 aromatic rings. The first-order valence-corrected chi connectivity index (χ1v) is 8.00. The summed E-state index contributed by atoms with van der Waals surface area (Å²) in [4.78, 5) is 5.34. The Balaban J connectivity index is 1.83. The molecule has 0 amide bonds. The van der Waals surface area contributed by atoms with Crippen molar-refractivity contribution in [3.63, 3.8) is 0 Å². The number of nitrogens with zero attached hydrogens (tertiary/aromatic N) is 1. The van der Waals surface area contributed by atoms with Gasteiger partial charge in [-0.3, -0.25) is 4.99 Å². The van der Waals surface area contributed by atoms with Crippen molar-refractivity contribution >= 4 is 17.3 Å². The maximum atomic E-state index is 12.7.